The van der Waals surface area contributed by atoms with Gasteiger partial charge in [-0.3, -0.25) is 15.5 Å². The standard InChI is InChI=1S/C3H5NO3S/c5-3(6)1-2(8)4-7/h7H,1H2,(H,4,8)(H,5,6). The van der Waals surface area contributed by atoms with E-state index in [0.29, 0.717) is 0 Å². The number of carboxylic acid groups (broad SMARTS) is 1. The third-order valence-electron chi connectivity index (χ3n) is 0.436. The summed E-state index contributed by atoms with van der Waals surface area (Å²) >= 11 is 4.29. The first kappa shape index (κ1) is 7.32. The molecule has 0 bridgehead atoms. The fraction of sp³-hybridized carbons (Fsp3) is 0.333. The Labute approximate surface area is 51.1 Å². The average Bonchev–Trinajstić information content (AvgIpc) is 1.65. The number of thiocarbonyl (C=S) groups is 1. The molecule has 0 aliphatic rings. The van der Waals surface area contributed by atoms with E-state index in [2.05, 4.69) is 12.2 Å². The Morgan fingerprint density at radius 2 is 2.25 bits per heavy atom. The number of hydrogen-bond donors (Lipinski definition) is 3. The van der Waals surface area contributed by atoms with Gasteiger partial charge in [0.2, 0.25) is 0 Å². The summed E-state index contributed by atoms with van der Waals surface area (Å²) in [6, 6.07) is 0. The van der Waals surface area contributed by atoms with Crippen LogP contribution < -0.4 is 5.48 Å². The highest BCUT2D eigenvalue weighted by Crippen LogP contribution is 1.79. The first-order valence-electron chi connectivity index (χ1n) is 1.81. The van der Waals surface area contributed by atoms with Crippen molar-refractivity contribution in [3.8, 4) is 0 Å². The SMILES string of the molecule is O=C(O)CC(=S)NO. The van der Waals surface area contributed by atoms with Crippen molar-refractivity contribution in [2.75, 3.05) is 0 Å². The lowest BCUT2D eigenvalue weighted by atomic mass is 10.4. The van der Waals surface area contributed by atoms with Crippen molar-refractivity contribution in [2.45, 2.75) is 6.42 Å². The maximum absolute atomic E-state index is 9.73. The van der Waals surface area contributed by atoms with Gasteiger partial charge in [-0.05, 0) is 0 Å². The zero-order chi connectivity index (χ0) is 6.57. The van der Waals surface area contributed by atoms with Crippen LogP contribution in [0.2, 0.25) is 0 Å². The van der Waals surface area contributed by atoms with Crippen molar-refractivity contribution in [1.82, 2.24) is 5.48 Å². The summed E-state index contributed by atoms with van der Waals surface area (Å²) in [6.45, 7) is 0. The Balaban J connectivity index is 3.40. The van der Waals surface area contributed by atoms with Gasteiger partial charge in [0.15, 0.2) is 0 Å². The van der Waals surface area contributed by atoms with Gasteiger partial charge in [-0.2, -0.15) is 0 Å². The molecular weight excluding hydrogens is 130 g/mol. The van der Waals surface area contributed by atoms with Crippen LogP contribution in [0.4, 0.5) is 0 Å². The Bertz CT molecular complexity index is 113. The van der Waals surface area contributed by atoms with Crippen LogP contribution in [0.25, 0.3) is 0 Å². The van der Waals surface area contributed by atoms with Gasteiger partial charge in [-0.25, -0.2) is 0 Å². The highest BCUT2D eigenvalue weighted by molar-refractivity contribution is 7.80. The Morgan fingerprint density at radius 1 is 1.75 bits per heavy atom. The molecule has 0 spiro atoms. The lowest BCUT2D eigenvalue weighted by molar-refractivity contribution is -0.135. The van der Waals surface area contributed by atoms with E-state index in [1.807, 2.05) is 0 Å². The monoisotopic (exact) mass is 135 g/mol. The number of carboxylic acids is 1. The zero-order valence-electron chi connectivity index (χ0n) is 3.92. The molecule has 0 fully saturated rings. The molecule has 0 aromatic carbocycles. The number of hydroxylamine groups is 1. The topological polar surface area (TPSA) is 69.6 Å². The second-order valence-electron chi connectivity index (χ2n) is 1.11. The fourth-order valence-corrected chi connectivity index (χ4v) is 0.300. The second kappa shape index (κ2) is 3.34. The molecule has 4 nitrogen and oxygen atoms in total. The minimum Gasteiger partial charge on any atom is -0.481 e. The van der Waals surface area contributed by atoms with Crippen LogP contribution in [0.15, 0.2) is 0 Å². The summed E-state index contributed by atoms with van der Waals surface area (Å²) in [6.07, 6.45) is -0.328. The molecule has 0 saturated heterocycles. The molecule has 8 heavy (non-hydrogen) atoms. The van der Waals surface area contributed by atoms with E-state index in [9.17, 15) is 4.79 Å². The average molecular weight is 135 g/mol. The van der Waals surface area contributed by atoms with Crippen molar-refractivity contribution in [3.05, 3.63) is 0 Å². The van der Waals surface area contributed by atoms with Crippen LogP contribution in [-0.2, 0) is 4.79 Å². The van der Waals surface area contributed by atoms with Crippen molar-refractivity contribution in [2.24, 2.45) is 0 Å². The number of hydrogen-bond acceptors (Lipinski definition) is 3. The summed E-state index contributed by atoms with van der Waals surface area (Å²) < 4.78 is 0. The van der Waals surface area contributed by atoms with E-state index in [0.717, 1.165) is 0 Å². The lowest BCUT2D eigenvalue weighted by Gasteiger charge is -1.93. The molecule has 3 N–H and O–H groups in total. The molecule has 0 heterocycles. The first-order chi connectivity index (χ1) is 3.66. The molecule has 0 atom stereocenters. The van der Waals surface area contributed by atoms with Gasteiger partial charge < -0.3 is 5.11 Å². The minimum atomic E-state index is -1.06. The van der Waals surface area contributed by atoms with Gasteiger partial charge in [0.05, 0.1) is 6.42 Å². The summed E-state index contributed by atoms with van der Waals surface area (Å²) in [5.74, 6) is -1.06. The molecule has 0 aromatic rings. The third kappa shape index (κ3) is 3.51. The fourth-order valence-electron chi connectivity index (χ4n) is 0.177. The van der Waals surface area contributed by atoms with Crippen molar-refractivity contribution in [1.29, 1.82) is 0 Å². The van der Waals surface area contributed by atoms with Crippen LogP contribution in [0.1, 0.15) is 6.42 Å². The van der Waals surface area contributed by atoms with Gasteiger partial charge in [0, 0.05) is 0 Å². The molecule has 5 heteroatoms. The quantitative estimate of drug-likeness (QED) is 0.360. The molecule has 0 aliphatic heterocycles. The predicted molar refractivity (Wildman–Crippen MR) is 29.8 cm³/mol. The Morgan fingerprint density at radius 3 is 2.38 bits per heavy atom. The van der Waals surface area contributed by atoms with E-state index in [-0.39, 0.29) is 11.4 Å². The largest absolute Gasteiger partial charge is 0.481 e. The van der Waals surface area contributed by atoms with E-state index >= 15 is 0 Å². The third-order valence-corrected chi connectivity index (χ3v) is 0.672. The van der Waals surface area contributed by atoms with E-state index in [4.69, 9.17) is 10.3 Å². The first-order valence-corrected chi connectivity index (χ1v) is 2.22. The molecule has 0 aliphatic carbocycles. The second-order valence-corrected chi connectivity index (χ2v) is 1.60. The summed E-state index contributed by atoms with van der Waals surface area (Å²) in [5.41, 5.74) is 1.55. The maximum Gasteiger partial charge on any atom is 0.310 e. The van der Waals surface area contributed by atoms with Crippen molar-refractivity contribution in [3.63, 3.8) is 0 Å². The normalized spacial score (nSPS) is 8.12. The number of rotatable bonds is 2. The predicted octanol–water partition coefficient (Wildman–Crippen LogP) is -0.233. The molecule has 0 unspecified atom stereocenters. The van der Waals surface area contributed by atoms with Crippen molar-refractivity contribution < 1.29 is 15.1 Å². The Hall–Kier alpha value is -0.680. The van der Waals surface area contributed by atoms with E-state index in [1.54, 1.807) is 5.48 Å². The number of nitrogens with one attached hydrogen (secondary N) is 1. The number of carbonyl (C=O) groups is 1. The van der Waals surface area contributed by atoms with Gasteiger partial charge in [-0.15, -0.1) is 0 Å². The van der Waals surface area contributed by atoms with Gasteiger partial charge in [0.1, 0.15) is 4.99 Å². The molecule has 0 aromatic heterocycles. The highest BCUT2D eigenvalue weighted by Gasteiger charge is 1.99. The molecule has 0 radical (unpaired) electrons. The smallest absolute Gasteiger partial charge is 0.310 e. The molecule has 0 saturated carbocycles. The van der Waals surface area contributed by atoms with E-state index in [1.165, 1.54) is 0 Å². The van der Waals surface area contributed by atoms with Gasteiger partial charge in [-0.1, -0.05) is 12.2 Å². The van der Waals surface area contributed by atoms with Crippen LogP contribution in [0.5, 0.6) is 0 Å². The van der Waals surface area contributed by atoms with Crippen LogP contribution in [0, 0.1) is 0 Å². The summed E-state index contributed by atoms with van der Waals surface area (Å²) in [7, 11) is 0. The van der Waals surface area contributed by atoms with Crippen LogP contribution >= 0.6 is 12.2 Å². The summed E-state index contributed by atoms with van der Waals surface area (Å²) in [5, 5.41) is 15.9. The zero-order valence-corrected chi connectivity index (χ0v) is 4.73. The van der Waals surface area contributed by atoms with E-state index < -0.39 is 5.97 Å². The minimum absolute atomic E-state index is 0.0856. The molecule has 0 rings (SSSR count). The molecular formula is C3H5NO3S. The van der Waals surface area contributed by atoms with Gasteiger partial charge in [0.25, 0.3) is 0 Å². The van der Waals surface area contributed by atoms with Crippen LogP contribution in [0.3, 0.4) is 0 Å². The van der Waals surface area contributed by atoms with Crippen LogP contribution in [-0.4, -0.2) is 21.3 Å². The Kier molecular flexibility index (Phi) is 3.05. The summed E-state index contributed by atoms with van der Waals surface area (Å²) in [4.78, 5) is 9.64. The van der Waals surface area contributed by atoms with Crippen molar-refractivity contribution >= 4 is 23.2 Å². The maximum atomic E-state index is 9.73. The lowest BCUT2D eigenvalue weighted by Crippen LogP contribution is -2.19. The number of aliphatic carboxylic acids is 1. The van der Waals surface area contributed by atoms with Gasteiger partial charge >= 0.3 is 5.97 Å². The highest BCUT2D eigenvalue weighted by atomic mass is 32.1. The molecule has 46 valence electrons. The molecule has 0 amide bonds.